The Hall–Kier alpha value is -2.37. The maximum absolute atomic E-state index is 12.6. The van der Waals surface area contributed by atoms with Crippen molar-refractivity contribution in [3.8, 4) is 0 Å². The molecule has 0 bridgehead atoms. The van der Waals surface area contributed by atoms with Gasteiger partial charge in [-0.2, -0.15) is 0 Å². The molecule has 0 saturated heterocycles. The van der Waals surface area contributed by atoms with Crippen molar-refractivity contribution in [2.24, 2.45) is 5.73 Å². The van der Waals surface area contributed by atoms with Crippen LogP contribution in [0.4, 0.5) is 0 Å². The monoisotopic (exact) mass is 536 g/mol. The number of nitrogens with zero attached hydrogens (tertiary/aromatic N) is 1. The van der Waals surface area contributed by atoms with Gasteiger partial charge in [0.2, 0.25) is 0 Å². The zero-order valence-electron chi connectivity index (χ0n) is 17.1. The first kappa shape index (κ1) is 24.9. The molecule has 0 amide bonds. The van der Waals surface area contributed by atoms with E-state index in [1.165, 1.54) is 0 Å². The van der Waals surface area contributed by atoms with E-state index in [4.69, 9.17) is 16.0 Å². The zero-order chi connectivity index (χ0) is 22.8. The number of nitrogens with two attached hydrogens (primary N) is 1. The van der Waals surface area contributed by atoms with Crippen molar-refractivity contribution in [1.82, 2.24) is 4.90 Å². The predicted molar refractivity (Wildman–Crippen MR) is 110 cm³/mol. The van der Waals surface area contributed by atoms with E-state index in [1.807, 2.05) is 84.8 Å². The number of Topliss-reactive ketones (excluding diaryl/α,β-unsaturated/α-hetero) is 2. The third-order valence-electron chi connectivity index (χ3n) is 4.92. The molecule has 0 aromatic heterocycles. The van der Waals surface area contributed by atoms with Crippen LogP contribution in [0.5, 0.6) is 0 Å². The van der Waals surface area contributed by atoms with Crippen LogP contribution in [-0.4, -0.2) is 33.0 Å². The number of hydrogen-bond donors (Lipinski definition) is 2. The first-order valence-electron chi connectivity index (χ1n) is 9.57. The Bertz CT molecular complexity index is 924. The lowest BCUT2D eigenvalue weighted by Crippen LogP contribution is -3.98. The minimum absolute atomic E-state index is 0.0599. The quantitative estimate of drug-likeness (QED) is 0.304. The smallest absolute Gasteiger partial charge is 0.396 e. The van der Waals surface area contributed by atoms with E-state index in [0.29, 0.717) is 30.5 Å². The number of likely N-dealkylation sites (N-methyl/N-ethyl adjacent to an activating group) is 1. The molecule has 3 rings (SSSR count). The number of rotatable bonds is 7. The van der Waals surface area contributed by atoms with Gasteiger partial charge in [-0.25, -0.2) is 0 Å². The summed E-state index contributed by atoms with van der Waals surface area (Å²) in [5.41, 5.74) is 8.92. The Balaban J connectivity index is 0.000000785. The highest BCUT2D eigenvalue weighted by molar-refractivity contribution is 5.98. The summed E-state index contributed by atoms with van der Waals surface area (Å²) in [6.07, 6.45) is 6.57. The highest BCUT2D eigenvalue weighted by Crippen LogP contribution is 2.22. The van der Waals surface area contributed by atoms with Crippen LogP contribution in [0.15, 0.2) is 78.5 Å². The molecule has 8 heteroatoms. The van der Waals surface area contributed by atoms with Crippen molar-refractivity contribution in [1.29, 1.82) is 0 Å². The topological polar surface area (TPSA) is 130 Å². The molecule has 1 aliphatic rings. The number of halogens is 1. The molecule has 1 heterocycles. The van der Waals surface area contributed by atoms with E-state index in [-0.39, 0.29) is 17.6 Å². The van der Waals surface area contributed by atoms with Crippen LogP contribution >= 0.6 is 0 Å². The highest BCUT2D eigenvalue weighted by atomic mass is 127. The van der Waals surface area contributed by atoms with Gasteiger partial charge in [-0.05, 0) is 15.1 Å². The molecule has 0 saturated carbocycles. The fourth-order valence-corrected chi connectivity index (χ4v) is 3.17. The van der Waals surface area contributed by atoms with E-state index < -0.39 is 21.1 Å². The summed E-state index contributed by atoms with van der Waals surface area (Å²) in [4.78, 5) is 27.2. The minimum Gasteiger partial charge on any atom is -0.396 e. The van der Waals surface area contributed by atoms with Crippen molar-refractivity contribution in [2.75, 3.05) is 7.05 Å². The Morgan fingerprint density at radius 2 is 1.61 bits per heavy atom. The maximum Gasteiger partial charge on any atom is 0.503 e. The second-order valence-electron chi connectivity index (χ2n) is 6.92. The summed E-state index contributed by atoms with van der Waals surface area (Å²) in [7, 11) is 1.93. The van der Waals surface area contributed by atoms with Gasteiger partial charge in [-0.1, -0.05) is 66.7 Å². The van der Waals surface area contributed by atoms with E-state index in [0.717, 1.165) is 11.3 Å². The predicted octanol–water partition coefficient (Wildman–Crippen LogP) is -2.19. The number of benzene rings is 2. The van der Waals surface area contributed by atoms with Gasteiger partial charge in [0.25, 0.3) is 0 Å². The van der Waals surface area contributed by atoms with Gasteiger partial charge in [0.15, 0.2) is 11.6 Å². The molecule has 0 fully saturated rings. The summed E-state index contributed by atoms with van der Waals surface area (Å²) >= 11 is -3.76. The molecule has 31 heavy (non-hydrogen) atoms. The molecule has 0 radical (unpaired) electrons. The third kappa shape index (κ3) is 8.00. The molecule has 0 spiro atoms. The van der Waals surface area contributed by atoms with Gasteiger partial charge in [-0.3, -0.25) is 9.59 Å². The third-order valence-corrected chi connectivity index (χ3v) is 4.92. The van der Waals surface area contributed by atoms with E-state index in [2.05, 4.69) is 0 Å². The first-order chi connectivity index (χ1) is 14.8. The van der Waals surface area contributed by atoms with Gasteiger partial charge >= 0.3 is 21.1 Å². The molecular formula is C23H25IN2O5. The minimum atomic E-state index is -3.76. The second kappa shape index (κ2) is 12.5. The van der Waals surface area contributed by atoms with Gasteiger partial charge in [0.1, 0.15) is 0 Å². The Morgan fingerprint density at radius 3 is 2.19 bits per heavy atom. The fraction of sp³-hybridized carbons (Fsp3) is 0.217. The van der Waals surface area contributed by atoms with Crippen LogP contribution < -0.4 is 33.7 Å². The Labute approximate surface area is 190 Å². The standard InChI is InChI=1S/C23H24N2O2.HIO3/c1-25-20(14-22(26)18-6-3-2-4-7-18)8-5-9-21(25)15-23(27)19-12-10-17(16-24)11-13-19;2-1(3)4/h2-13,21H,14-16,24H2,1H3;2H. The summed E-state index contributed by atoms with van der Waals surface area (Å²) < 4.78 is 24.5. The van der Waals surface area contributed by atoms with Crippen LogP contribution in [0.25, 0.3) is 0 Å². The van der Waals surface area contributed by atoms with Crippen molar-refractivity contribution in [3.63, 3.8) is 0 Å². The molecule has 2 aromatic carbocycles. The lowest BCUT2D eigenvalue weighted by molar-refractivity contribution is -1.63. The Kier molecular flexibility index (Phi) is 10.0. The van der Waals surface area contributed by atoms with Crippen molar-refractivity contribution in [3.05, 3.63) is 95.2 Å². The summed E-state index contributed by atoms with van der Waals surface area (Å²) in [5, 5.41) is 0. The van der Waals surface area contributed by atoms with Crippen molar-refractivity contribution < 1.29 is 41.0 Å². The van der Waals surface area contributed by atoms with Crippen LogP contribution in [0, 0.1) is 0 Å². The second-order valence-corrected chi connectivity index (χ2v) is 8.06. The van der Waals surface area contributed by atoms with E-state index in [1.54, 1.807) is 0 Å². The number of allylic oxidation sites excluding steroid dienone is 3. The van der Waals surface area contributed by atoms with Gasteiger partial charge in [-0.15, -0.1) is 0 Å². The van der Waals surface area contributed by atoms with Crippen molar-refractivity contribution in [2.45, 2.75) is 25.4 Å². The average Bonchev–Trinajstić information content (AvgIpc) is 2.76. The van der Waals surface area contributed by atoms with Crippen LogP contribution in [-0.2, 0) is 6.54 Å². The molecule has 7 nitrogen and oxygen atoms in total. The molecule has 0 aliphatic carbocycles. The highest BCUT2D eigenvalue weighted by Gasteiger charge is 2.22. The van der Waals surface area contributed by atoms with Gasteiger partial charge in [0.05, 0.1) is 12.5 Å². The molecule has 1 atom stereocenters. The van der Waals surface area contributed by atoms with Crippen molar-refractivity contribution >= 4 is 11.6 Å². The van der Waals surface area contributed by atoms with E-state index in [9.17, 15) is 9.59 Å². The SMILES string of the molecule is CN1C(CC(=O)c2ccccc2)=CC=CC1CC(=O)c1ccc(CN)cc1.[O-][I+2]([O-])O. The zero-order valence-corrected chi connectivity index (χ0v) is 19.3. The summed E-state index contributed by atoms with van der Waals surface area (Å²) in [5.74, 6) is 0.155. The molecule has 1 aliphatic heterocycles. The lowest BCUT2D eigenvalue weighted by atomic mass is 9.97. The lowest BCUT2D eigenvalue weighted by Gasteiger charge is -2.32. The molecule has 3 N–H and O–H groups in total. The van der Waals surface area contributed by atoms with Crippen LogP contribution in [0.2, 0.25) is 0 Å². The number of carbonyl (C=O) groups excluding carboxylic acids is 2. The van der Waals surface area contributed by atoms with Crippen LogP contribution in [0.3, 0.4) is 0 Å². The molecule has 2 aromatic rings. The number of ketones is 2. The first-order valence-corrected chi connectivity index (χ1v) is 12.3. The fourth-order valence-electron chi connectivity index (χ4n) is 3.17. The molecule has 1 unspecified atom stereocenters. The summed E-state index contributed by atoms with van der Waals surface area (Å²) in [6.45, 7) is 0.464. The average molecular weight is 536 g/mol. The van der Waals surface area contributed by atoms with E-state index >= 15 is 0 Å². The normalized spacial score (nSPS) is 15.2. The maximum atomic E-state index is 12.6. The summed E-state index contributed by atoms with van der Waals surface area (Å²) in [6, 6.07) is 16.6. The largest absolute Gasteiger partial charge is 0.503 e. The number of carbonyl (C=O) groups is 2. The molecule has 164 valence electrons. The number of hydrogen-bond acceptors (Lipinski definition) is 7. The molecular weight excluding hydrogens is 511 g/mol. The Morgan fingerprint density at radius 1 is 1.03 bits per heavy atom. The van der Waals surface area contributed by atoms with Crippen LogP contribution in [0.1, 0.15) is 39.1 Å². The van der Waals surface area contributed by atoms with Gasteiger partial charge < -0.3 is 17.5 Å². The van der Waals surface area contributed by atoms with Gasteiger partial charge in [0, 0.05) is 36.8 Å².